The molecule has 3 amide bonds. The lowest BCUT2D eigenvalue weighted by Gasteiger charge is -2.19. The highest BCUT2D eigenvalue weighted by Gasteiger charge is 2.23. The van der Waals surface area contributed by atoms with Crippen molar-refractivity contribution < 1.29 is 28.3 Å². The van der Waals surface area contributed by atoms with Crippen LogP contribution in [-0.2, 0) is 9.59 Å². The van der Waals surface area contributed by atoms with Crippen LogP contribution >= 0.6 is 0 Å². The van der Waals surface area contributed by atoms with Crippen LogP contribution < -0.4 is 25.0 Å². The number of nitrogens with zero attached hydrogens (tertiary/aromatic N) is 1. The van der Waals surface area contributed by atoms with Crippen molar-refractivity contribution in [2.75, 3.05) is 31.0 Å². The molecule has 2 N–H and O–H groups in total. The largest absolute Gasteiger partial charge is 0.493 e. The van der Waals surface area contributed by atoms with Gasteiger partial charge < -0.3 is 29.4 Å². The number of nitrogens with one attached hydrogen (secondary N) is 2. The first kappa shape index (κ1) is 24.6. The summed E-state index contributed by atoms with van der Waals surface area (Å²) in [6.45, 7) is 2.57. The van der Waals surface area contributed by atoms with Crippen LogP contribution in [0.4, 0.5) is 11.4 Å². The predicted octanol–water partition coefficient (Wildman–Crippen LogP) is 4.14. The normalized spacial score (nSPS) is 13.5. The quantitative estimate of drug-likeness (QED) is 0.460. The van der Waals surface area contributed by atoms with E-state index in [1.165, 1.54) is 32.6 Å². The van der Waals surface area contributed by atoms with Crippen LogP contribution in [0, 0.1) is 6.92 Å². The van der Waals surface area contributed by atoms with E-state index in [0.29, 0.717) is 35.9 Å². The van der Waals surface area contributed by atoms with Crippen molar-refractivity contribution in [3.05, 3.63) is 77.4 Å². The Morgan fingerprint density at radius 1 is 1.06 bits per heavy atom. The first-order chi connectivity index (χ1) is 17.4. The molecule has 0 saturated carbocycles. The molecule has 1 aromatic heterocycles. The molecule has 1 saturated heterocycles. The van der Waals surface area contributed by atoms with E-state index in [9.17, 15) is 14.4 Å². The minimum absolute atomic E-state index is 0.0128. The van der Waals surface area contributed by atoms with Crippen LogP contribution in [0.25, 0.3) is 6.08 Å². The highest BCUT2D eigenvalue weighted by Crippen LogP contribution is 2.29. The molecule has 1 fully saturated rings. The topological polar surface area (TPSA) is 110 Å². The van der Waals surface area contributed by atoms with Gasteiger partial charge in [0.2, 0.25) is 5.91 Å². The Bertz CT molecular complexity index is 1310. The number of carbonyl (C=O) groups excluding carboxylic acids is 3. The maximum absolute atomic E-state index is 13.2. The Hall–Kier alpha value is -4.53. The van der Waals surface area contributed by atoms with E-state index in [1.807, 2.05) is 13.0 Å². The number of ether oxygens (including phenoxy) is 2. The summed E-state index contributed by atoms with van der Waals surface area (Å²) in [5, 5.41) is 5.47. The minimum Gasteiger partial charge on any atom is -0.493 e. The van der Waals surface area contributed by atoms with E-state index in [4.69, 9.17) is 13.9 Å². The van der Waals surface area contributed by atoms with Crippen LogP contribution in [0.5, 0.6) is 11.5 Å². The van der Waals surface area contributed by atoms with Gasteiger partial charge >= 0.3 is 0 Å². The van der Waals surface area contributed by atoms with E-state index in [0.717, 1.165) is 17.7 Å². The van der Waals surface area contributed by atoms with Crippen molar-refractivity contribution in [1.29, 1.82) is 0 Å². The molecule has 0 atom stereocenters. The predicted molar refractivity (Wildman–Crippen MR) is 135 cm³/mol. The molecule has 2 aromatic carbocycles. The summed E-state index contributed by atoms with van der Waals surface area (Å²) in [4.78, 5) is 40.0. The number of carbonyl (C=O) groups is 3. The van der Waals surface area contributed by atoms with E-state index < -0.39 is 11.8 Å². The number of amides is 3. The third-order valence-corrected chi connectivity index (χ3v) is 5.79. The monoisotopic (exact) mass is 489 g/mol. The average molecular weight is 490 g/mol. The highest BCUT2D eigenvalue weighted by atomic mass is 16.5. The lowest BCUT2D eigenvalue weighted by molar-refractivity contribution is -0.117. The fourth-order valence-corrected chi connectivity index (χ4v) is 3.98. The Labute approximate surface area is 208 Å². The third-order valence-electron chi connectivity index (χ3n) is 5.79. The first-order valence-corrected chi connectivity index (χ1v) is 11.4. The second-order valence-corrected chi connectivity index (χ2v) is 8.20. The molecule has 3 aromatic rings. The van der Waals surface area contributed by atoms with Crippen molar-refractivity contribution in [3.8, 4) is 11.5 Å². The molecule has 0 spiro atoms. The summed E-state index contributed by atoms with van der Waals surface area (Å²) < 4.78 is 15.8. The molecule has 186 valence electrons. The molecular weight excluding hydrogens is 462 g/mol. The molecule has 4 rings (SSSR count). The summed E-state index contributed by atoms with van der Waals surface area (Å²) in [7, 11) is 2.98. The van der Waals surface area contributed by atoms with Gasteiger partial charge in [-0.3, -0.25) is 14.4 Å². The van der Waals surface area contributed by atoms with Crippen LogP contribution in [0.15, 0.2) is 64.9 Å². The molecule has 9 heteroatoms. The summed E-state index contributed by atoms with van der Waals surface area (Å²) in [5.41, 5.74) is 2.47. The number of methoxy groups -OCH3 is 2. The number of anilines is 2. The van der Waals surface area contributed by atoms with E-state index in [1.54, 1.807) is 41.3 Å². The van der Waals surface area contributed by atoms with Crippen LogP contribution in [0.3, 0.4) is 0 Å². The molecule has 0 bridgehead atoms. The molecule has 2 heterocycles. The number of furan rings is 1. The van der Waals surface area contributed by atoms with Gasteiger partial charge in [0.05, 0.1) is 20.5 Å². The number of rotatable bonds is 8. The number of hydrogen-bond acceptors (Lipinski definition) is 6. The zero-order chi connectivity index (χ0) is 25.7. The van der Waals surface area contributed by atoms with Crippen molar-refractivity contribution in [1.82, 2.24) is 5.32 Å². The summed E-state index contributed by atoms with van der Waals surface area (Å²) in [5.74, 6) is 0.307. The van der Waals surface area contributed by atoms with Gasteiger partial charge in [-0.15, -0.1) is 0 Å². The maximum atomic E-state index is 13.2. The standard InChI is InChI=1S/C27H27N3O6/c1-17-14-19(9-10-22(17)30-12-4-7-25(30)31)28-27(33)21(16-20-6-5-13-36-20)29-26(32)18-8-11-23(34-2)24(15-18)35-3/h5-6,8-11,13-16H,4,7,12H2,1-3H3,(H,28,33)(H,29,32)/b21-16-. The van der Waals surface area contributed by atoms with Crippen molar-refractivity contribution in [2.45, 2.75) is 19.8 Å². The molecule has 0 aliphatic carbocycles. The SMILES string of the molecule is COc1ccc(C(=O)N/C(=C\c2ccco2)C(=O)Nc2ccc(N3CCCC3=O)c(C)c2)cc1OC. The molecule has 1 aliphatic heterocycles. The second kappa shape index (κ2) is 10.8. The number of hydrogen-bond donors (Lipinski definition) is 2. The maximum Gasteiger partial charge on any atom is 0.272 e. The molecule has 1 aliphatic rings. The molecular formula is C27H27N3O6. The zero-order valence-corrected chi connectivity index (χ0v) is 20.3. The van der Waals surface area contributed by atoms with Crippen molar-refractivity contribution in [2.24, 2.45) is 0 Å². The Balaban J connectivity index is 1.55. The van der Waals surface area contributed by atoms with Gasteiger partial charge in [-0.25, -0.2) is 0 Å². The fraction of sp³-hybridized carbons (Fsp3) is 0.222. The lowest BCUT2D eigenvalue weighted by atomic mass is 10.1. The molecule has 9 nitrogen and oxygen atoms in total. The number of aryl methyl sites for hydroxylation is 1. The number of benzene rings is 2. The van der Waals surface area contributed by atoms with Gasteiger partial charge in [0.1, 0.15) is 11.5 Å². The van der Waals surface area contributed by atoms with Gasteiger partial charge in [-0.2, -0.15) is 0 Å². The average Bonchev–Trinajstić information content (AvgIpc) is 3.55. The Kier molecular flexibility index (Phi) is 7.39. The van der Waals surface area contributed by atoms with Crippen molar-refractivity contribution in [3.63, 3.8) is 0 Å². The van der Waals surface area contributed by atoms with Crippen LogP contribution in [-0.4, -0.2) is 38.5 Å². The van der Waals surface area contributed by atoms with E-state index in [-0.39, 0.29) is 17.2 Å². The van der Waals surface area contributed by atoms with Gasteiger partial charge in [-0.1, -0.05) is 0 Å². The minimum atomic E-state index is -0.537. The van der Waals surface area contributed by atoms with E-state index >= 15 is 0 Å². The van der Waals surface area contributed by atoms with Crippen LogP contribution in [0.2, 0.25) is 0 Å². The van der Waals surface area contributed by atoms with Gasteiger partial charge in [0, 0.05) is 36.0 Å². The highest BCUT2D eigenvalue weighted by molar-refractivity contribution is 6.10. The van der Waals surface area contributed by atoms with Crippen LogP contribution in [0.1, 0.15) is 34.5 Å². The second-order valence-electron chi connectivity index (χ2n) is 8.20. The zero-order valence-electron chi connectivity index (χ0n) is 20.3. The van der Waals surface area contributed by atoms with Gasteiger partial charge in [0.15, 0.2) is 11.5 Å². The third kappa shape index (κ3) is 5.41. The van der Waals surface area contributed by atoms with Gasteiger partial charge in [-0.05, 0) is 67.4 Å². The summed E-state index contributed by atoms with van der Waals surface area (Å²) in [6, 6.07) is 13.4. The molecule has 0 unspecified atom stereocenters. The smallest absolute Gasteiger partial charge is 0.272 e. The first-order valence-electron chi connectivity index (χ1n) is 11.4. The summed E-state index contributed by atoms with van der Waals surface area (Å²) in [6.07, 6.45) is 4.29. The fourth-order valence-electron chi connectivity index (χ4n) is 3.98. The van der Waals surface area contributed by atoms with E-state index in [2.05, 4.69) is 10.6 Å². The van der Waals surface area contributed by atoms with Crippen molar-refractivity contribution >= 4 is 35.2 Å². The molecule has 36 heavy (non-hydrogen) atoms. The Morgan fingerprint density at radius 2 is 1.86 bits per heavy atom. The lowest BCUT2D eigenvalue weighted by Crippen LogP contribution is -2.31. The Morgan fingerprint density at radius 3 is 2.50 bits per heavy atom. The molecule has 0 radical (unpaired) electrons. The van der Waals surface area contributed by atoms with Gasteiger partial charge in [0.25, 0.3) is 11.8 Å². The summed E-state index contributed by atoms with van der Waals surface area (Å²) >= 11 is 0.